The van der Waals surface area contributed by atoms with Crippen molar-refractivity contribution in [3.05, 3.63) is 70.0 Å². The highest BCUT2D eigenvalue weighted by Gasteiger charge is 2.58. The second kappa shape index (κ2) is 8.21. The van der Waals surface area contributed by atoms with Gasteiger partial charge in [0.15, 0.2) is 0 Å². The van der Waals surface area contributed by atoms with E-state index in [0.717, 1.165) is 50.3 Å². The van der Waals surface area contributed by atoms with E-state index in [2.05, 4.69) is 71.9 Å². The molecule has 1 saturated heterocycles. The normalized spacial score (nSPS) is 20.0. The molecule has 2 aromatic carbocycles. The highest BCUT2D eigenvalue weighted by molar-refractivity contribution is 7.09. The molecular weight excluding hydrogens is 402 g/mol. The standard InChI is InChI=1S/C26H29N3OS/c1-18-12-19(2)14-21(13-18)27-25(30)22-15-26(22)8-10-29(11-9-26)16-24-28-23(17-31-24)20-6-4-3-5-7-20/h3-7,12-14,17,22H,8-11,15-16H2,1-2H3,(H,27,30). The third-order valence-corrected chi connectivity index (χ3v) is 7.66. The van der Waals surface area contributed by atoms with Crippen LogP contribution in [0.5, 0.6) is 0 Å². The third-order valence-electron chi connectivity index (χ3n) is 6.83. The number of carbonyl (C=O) groups is 1. The Labute approximate surface area is 188 Å². The van der Waals surface area contributed by atoms with Crippen molar-refractivity contribution < 1.29 is 4.79 Å². The Bertz CT molecular complexity index is 1060. The summed E-state index contributed by atoms with van der Waals surface area (Å²) in [6.07, 6.45) is 3.25. The second-order valence-electron chi connectivity index (χ2n) is 9.25. The topological polar surface area (TPSA) is 45.2 Å². The lowest BCUT2D eigenvalue weighted by Crippen LogP contribution is -2.35. The fourth-order valence-electron chi connectivity index (χ4n) is 5.02. The summed E-state index contributed by atoms with van der Waals surface area (Å²) in [5.41, 5.74) is 5.77. The van der Waals surface area contributed by atoms with Gasteiger partial charge in [-0.2, -0.15) is 0 Å². The van der Waals surface area contributed by atoms with Crippen LogP contribution < -0.4 is 5.32 Å². The fourth-order valence-corrected chi connectivity index (χ4v) is 5.86. The molecule has 4 nitrogen and oxygen atoms in total. The molecule has 2 fully saturated rings. The molecule has 160 valence electrons. The molecule has 1 aliphatic heterocycles. The molecule has 1 atom stereocenters. The number of nitrogens with zero attached hydrogens (tertiary/aromatic N) is 2. The Balaban J connectivity index is 1.14. The van der Waals surface area contributed by atoms with Gasteiger partial charge in [0.1, 0.15) is 5.01 Å². The van der Waals surface area contributed by atoms with Crippen LogP contribution in [-0.2, 0) is 11.3 Å². The van der Waals surface area contributed by atoms with Crippen LogP contribution in [0, 0.1) is 25.2 Å². The number of benzene rings is 2. The molecule has 1 N–H and O–H groups in total. The average molecular weight is 432 g/mol. The Morgan fingerprint density at radius 3 is 2.55 bits per heavy atom. The summed E-state index contributed by atoms with van der Waals surface area (Å²) in [6, 6.07) is 16.6. The first-order valence-electron chi connectivity index (χ1n) is 11.1. The molecule has 1 unspecified atom stereocenters. The maximum absolute atomic E-state index is 12.8. The quantitative estimate of drug-likeness (QED) is 0.566. The van der Waals surface area contributed by atoms with E-state index in [0.29, 0.717) is 0 Å². The van der Waals surface area contributed by atoms with E-state index in [1.54, 1.807) is 11.3 Å². The van der Waals surface area contributed by atoms with Gasteiger partial charge in [-0.1, -0.05) is 36.4 Å². The fraction of sp³-hybridized carbons (Fsp3) is 0.385. The molecule has 2 heterocycles. The summed E-state index contributed by atoms with van der Waals surface area (Å²) in [5.74, 6) is 0.367. The molecule has 2 aliphatic rings. The van der Waals surface area contributed by atoms with Crippen molar-refractivity contribution in [1.82, 2.24) is 9.88 Å². The van der Waals surface area contributed by atoms with Crippen LogP contribution >= 0.6 is 11.3 Å². The summed E-state index contributed by atoms with van der Waals surface area (Å²) in [7, 11) is 0. The summed E-state index contributed by atoms with van der Waals surface area (Å²) in [5, 5.41) is 6.50. The van der Waals surface area contributed by atoms with Gasteiger partial charge in [0, 0.05) is 22.5 Å². The Hall–Kier alpha value is -2.50. The zero-order valence-corrected chi connectivity index (χ0v) is 19.0. The van der Waals surface area contributed by atoms with Crippen LogP contribution in [0.15, 0.2) is 53.9 Å². The third kappa shape index (κ3) is 4.43. The Kier molecular flexibility index (Phi) is 5.40. The minimum atomic E-state index is 0.167. The second-order valence-corrected chi connectivity index (χ2v) is 10.2. The lowest BCUT2D eigenvalue weighted by Gasteiger charge is -2.32. The zero-order valence-electron chi connectivity index (χ0n) is 18.2. The number of aryl methyl sites for hydroxylation is 2. The highest BCUT2D eigenvalue weighted by atomic mass is 32.1. The minimum Gasteiger partial charge on any atom is -0.326 e. The van der Waals surface area contributed by atoms with E-state index in [4.69, 9.17) is 4.98 Å². The summed E-state index contributed by atoms with van der Waals surface area (Å²) >= 11 is 1.75. The van der Waals surface area contributed by atoms with Crippen molar-refractivity contribution in [1.29, 1.82) is 0 Å². The van der Waals surface area contributed by atoms with Crippen LogP contribution in [0.1, 0.15) is 35.4 Å². The van der Waals surface area contributed by atoms with E-state index in [9.17, 15) is 4.79 Å². The van der Waals surface area contributed by atoms with Gasteiger partial charge in [-0.15, -0.1) is 11.3 Å². The molecule has 1 amide bonds. The molecule has 0 radical (unpaired) electrons. The number of nitrogens with one attached hydrogen (secondary N) is 1. The first-order valence-corrected chi connectivity index (χ1v) is 12.0. The average Bonchev–Trinajstić information content (AvgIpc) is 3.25. The van der Waals surface area contributed by atoms with Crippen LogP contribution in [0.25, 0.3) is 11.3 Å². The molecule has 1 saturated carbocycles. The molecule has 5 heteroatoms. The van der Waals surface area contributed by atoms with E-state index in [-0.39, 0.29) is 17.2 Å². The van der Waals surface area contributed by atoms with E-state index in [1.807, 2.05) is 6.07 Å². The van der Waals surface area contributed by atoms with Gasteiger partial charge in [0.25, 0.3) is 0 Å². The number of carbonyl (C=O) groups excluding carboxylic acids is 1. The van der Waals surface area contributed by atoms with Crippen molar-refractivity contribution in [2.75, 3.05) is 18.4 Å². The molecule has 3 aromatic rings. The maximum atomic E-state index is 12.8. The predicted octanol–water partition coefficient (Wildman–Crippen LogP) is 5.67. The number of hydrogen-bond donors (Lipinski definition) is 1. The van der Waals surface area contributed by atoms with E-state index >= 15 is 0 Å². The largest absolute Gasteiger partial charge is 0.326 e. The number of likely N-dealkylation sites (tertiary alicyclic amines) is 1. The molecular formula is C26H29N3OS. The molecule has 1 aliphatic carbocycles. The lowest BCUT2D eigenvalue weighted by molar-refractivity contribution is -0.118. The molecule has 1 aromatic heterocycles. The van der Waals surface area contributed by atoms with Gasteiger partial charge in [-0.05, 0) is 74.9 Å². The van der Waals surface area contributed by atoms with Gasteiger partial charge in [-0.25, -0.2) is 4.98 Å². The predicted molar refractivity (Wildman–Crippen MR) is 127 cm³/mol. The summed E-state index contributed by atoms with van der Waals surface area (Å²) < 4.78 is 0. The number of rotatable bonds is 5. The number of thiazole rings is 1. The number of anilines is 1. The lowest BCUT2D eigenvalue weighted by atomic mass is 9.90. The number of hydrogen-bond acceptors (Lipinski definition) is 4. The van der Waals surface area contributed by atoms with Crippen molar-refractivity contribution in [3.8, 4) is 11.3 Å². The van der Waals surface area contributed by atoms with Crippen LogP contribution in [0.2, 0.25) is 0 Å². The van der Waals surface area contributed by atoms with Crippen LogP contribution in [0.3, 0.4) is 0 Å². The highest BCUT2D eigenvalue weighted by Crippen LogP contribution is 2.59. The zero-order chi connectivity index (χ0) is 21.4. The molecule has 0 bridgehead atoms. The minimum absolute atomic E-state index is 0.167. The number of piperidine rings is 1. The van der Waals surface area contributed by atoms with Gasteiger partial charge >= 0.3 is 0 Å². The number of amides is 1. The number of aromatic nitrogens is 1. The van der Waals surface area contributed by atoms with Crippen molar-refractivity contribution in [2.24, 2.45) is 11.3 Å². The molecule has 5 rings (SSSR count). The van der Waals surface area contributed by atoms with Crippen molar-refractivity contribution in [3.63, 3.8) is 0 Å². The molecule has 1 spiro atoms. The van der Waals surface area contributed by atoms with Crippen molar-refractivity contribution in [2.45, 2.75) is 39.7 Å². The monoisotopic (exact) mass is 431 g/mol. The van der Waals surface area contributed by atoms with Crippen LogP contribution in [0.4, 0.5) is 5.69 Å². The van der Waals surface area contributed by atoms with Crippen molar-refractivity contribution >= 4 is 22.9 Å². The SMILES string of the molecule is Cc1cc(C)cc(NC(=O)C2CC23CCN(Cc2nc(-c4ccccc4)cs2)CC3)c1. The summed E-state index contributed by atoms with van der Waals surface area (Å²) in [4.78, 5) is 20.2. The van der Waals surface area contributed by atoms with Crippen LogP contribution in [-0.4, -0.2) is 28.9 Å². The maximum Gasteiger partial charge on any atom is 0.228 e. The van der Waals surface area contributed by atoms with Gasteiger partial charge in [0.05, 0.1) is 12.2 Å². The first kappa shape index (κ1) is 20.4. The van der Waals surface area contributed by atoms with E-state index < -0.39 is 0 Å². The smallest absolute Gasteiger partial charge is 0.228 e. The van der Waals surface area contributed by atoms with E-state index in [1.165, 1.54) is 21.7 Å². The molecule has 31 heavy (non-hydrogen) atoms. The van der Waals surface area contributed by atoms with Gasteiger partial charge < -0.3 is 5.32 Å². The summed E-state index contributed by atoms with van der Waals surface area (Å²) in [6.45, 7) is 7.15. The van der Waals surface area contributed by atoms with Gasteiger partial charge in [0.2, 0.25) is 5.91 Å². The first-order chi connectivity index (χ1) is 15.0. The Morgan fingerprint density at radius 1 is 1.13 bits per heavy atom. The Morgan fingerprint density at radius 2 is 1.84 bits per heavy atom. The van der Waals surface area contributed by atoms with Gasteiger partial charge in [-0.3, -0.25) is 9.69 Å².